The van der Waals surface area contributed by atoms with Gasteiger partial charge in [0.1, 0.15) is 0 Å². The second kappa shape index (κ2) is 14.5. The predicted molar refractivity (Wildman–Crippen MR) is 208 cm³/mol. The highest BCUT2D eigenvalue weighted by Crippen LogP contribution is 2.46. The second-order valence-electron chi connectivity index (χ2n) is 12.0. The fraction of sp³-hybridized carbons (Fsp3) is 0.200. The Labute approximate surface area is 298 Å². The minimum atomic E-state index is -0.282. The third-order valence-electron chi connectivity index (χ3n) is 9.53. The molecule has 7 aromatic rings. The van der Waals surface area contributed by atoms with E-state index in [1.165, 1.54) is 20.9 Å². The number of benzene rings is 7. The first-order valence-corrected chi connectivity index (χ1v) is 17.9. The van der Waals surface area contributed by atoms with Gasteiger partial charge < -0.3 is 0 Å². The minimum absolute atomic E-state index is 0.282. The van der Waals surface area contributed by atoms with Crippen LogP contribution >= 0.6 is 0 Å². The van der Waals surface area contributed by atoms with Crippen molar-refractivity contribution in [1.29, 1.82) is 0 Å². The summed E-state index contributed by atoms with van der Waals surface area (Å²) in [6, 6.07) is 35.9. The van der Waals surface area contributed by atoms with Gasteiger partial charge in [0.05, 0.1) is 0 Å². The van der Waals surface area contributed by atoms with E-state index in [9.17, 15) is 19.2 Å². The van der Waals surface area contributed by atoms with Gasteiger partial charge in [-0.25, -0.2) is 0 Å². The molecule has 0 bridgehead atoms. The molecule has 51 heavy (non-hydrogen) atoms. The van der Waals surface area contributed by atoms with Gasteiger partial charge in [0.15, 0.2) is 0 Å². The van der Waals surface area contributed by atoms with Crippen molar-refractivity contribution in [3.63, 3.8) is 0 Å². The van der Waals surface area contributed by atoms with Crippen molar-refractivity contribution < 1.29 is 19.2 Å². The van der Waals surface area contributed by atoms with Gasteiger partial charge in [-0.3, -0.25) is 29.0 Å². The summed E-state index contributed by atoms with van der Waals surface area (Å²) >= 11 is 0. The van der Waals surface area contributed by atoms with Crippen molar-refractivity contribution in [1.82, 2.24) is 9.80 Å². The smallest absolute Gasteiger partial charge is 0.261 e. The Balaban J connectivity index is 0.000000221. The molecule has 4 amide bonds. The number of fused-ring (bicyclic) bond motifs is 2. The molecule has 9 rings (SSSR count). The fourth-order valence-electron chi connectivity index (χ4n) is 7.37. The Morgan fingerprint density at radius 1 is 0.373 bits per heavy atom. The minimum Gasteiger partial charge on any atom is -0.275 e. The molecule has 6 nitrogen and oxygen atoms in total. The van der Waals surface area contributed by atoms with Gasteiger partial charge in [-0.15, -0.1) is 0 Å². The van der Waals surface area contributed by atoms with Crippen LogP contribution in [0, 0.1) is 0 Å². The Kier molecular flexibility index (Phi) is 9.97. The molecule has 7 aromatic carbocycles. The Morgan fingerprint density at radius 2 is 0.647 bits per heavy atom. The molecule has 2 aliphatic heterocycles. The highest BCUT2D eigenvalue weighted by molar-refractivity contribution is 6.41. The summed E-state index contributed by atoms with van der Waals surface area (Å²) < 4.78 is 0. The van der Waals surface area contributed by atoms with E-state index in [0.29, 0.717) is 46.1 Å². The van der Waals surface area contributed by atoms with E-state index < -0.39 is 0 Å². The first-order valence-electron chi connectivity index (χ1n) is 17.9. The van der Waals surface area contributed by atoms with E-state index in [1.54, 1.807) is 38.1 Å². The fourth-order valence-corrected chi connectivity index (χ4v) is 7.37. The lowest BCUT2D eigenvalue weighted by Crippen LogP contribution is -2.40. The van der Waals surface area contributed by atoms with Gasteiger partial charge in [-0.1, -0.05) is 113 Å². The number of imide groups is 2. The summed E-state index contributed by atoms with van der Waals surface area (Å²) in [5.74, 6) is -1.13. The SMILES string of the molecule is CC.CC.CCN1C(=O)c2ccc3c4ccc5c6c(ccc(c7ccc(c2c37)C1=O)c64)C(=O)N(CC)C5=O.c1ccc(Cc2ccccc2)cc1. The molecule has 2 aliphatic rings. The molecule has 0 spiro atoms. The molecule has 256 valence electrons. The summed E-state index contributed by atoms with van der Waals surface area (Å²) in [6.45, 7) is 12.2. The van der Waals surface area contributed by atoms with Crippen LogP contribution in [0.25, 0.3) is 43.1 Å². The number of carbonyl (C=O) groups is 4. The lowest BCUT2D eigenvalue weighted by atomic mass is 9.82. The van der Waals surface area contributed by atoms with Gasteiger partial charge in [-0.2, -0.15) is 0 Å². The van der Waals surface area contributed by atoms with E-state index in [4.69, 9.17) is 0 Å². The van der Waals surface area contributed by atoms with Crippen molar-refractivity contribution >= 4 is 66.7 Å². The van der Waals surface area contributed by atoms with Gasteiger partial charge >= 0.3 is 0 Å². The van der Waals surface area contributed by atoms with E-state index in [2.05, 4.69) is 60.7 Å². The van der Waals surface area contributed by atoms with E-state index in [1.807, 2.05) is 52.0 Å². The van der Waals surface area contributed by atoms with Crippen LogP contribution in [0.3, 0.4) is 0 Å². The van der Waals surface area contributed by atoms with Crippen molar-refractivity contribution in [2.45, 2.75) is 48.0 Å². The first-order chi connectivity index (χ1) is 24.9. The zero-order valence-electron chi connectivity index (χ0n) is 30.0. The van der Waals surface area contributed by atoms with Crippen LogP contribution in [-0.2, 0) is 6.42 Å². The number of amides is 4. The summed E-state index contributed by atoms with van der Waals surface area (Å²) in [7, 11) is 0. The molecule has 0 aliphatic carbocycles. The zero-order valence-corrected chi connectivity index (χ0v) is 30.0. The lowest BCUT2D eigenvalue weighted by molar-refractivity contribution is 0.0603. The monoisotopic (exact) mass is 674 g/mol. The molecule has 6 heteroatoms. The van der Waals surface area contributed by atoms with E-state index in [0.717, 1.165) is 38.7 Å². The molecule has 0 radical (unpaired) electrons. The lowest BCUT2D eigenvalue weighted by Gasteiger charge is -2.29. The van der Waals surface area contributed by atoms with Crippen molar-refractivity contribution in [3.05, 3.63) is 143 Å². The third kappa shape index (κ3) is 5.61. The number of nitrogens with zero attached hydrogens (tertiary/aromatic N) is 2. The molecule has 0 atom stereocenters. The quantitative estimate of drug-likeness (QED) is 0.106. The highest BCUT2D eigenvalue weighted by atomic mass is 16.2. The van der Waals surface area contributed by atoms with Gasteiger partial charge in [-0.05, 0) is 88.0 Å². The van der Waals surface area contributed by atoms with Gasteiger partial charge in [0, 0.05) is 46.1 Å². The summed E-state index contributed by atoms with van der Waals surface area (Å²) in [6.07, 6.45) is 1.03. The molecule has 0 fully saturated rings. The van der Waals surface area contributed by atoms with Crippen LogP contribution in [0.4, 0.5) is 0 Å². The average Bonchev–Trinajstić information content (AvgIpc) is 3.18. The summed E-state index contributed by atoms with van der Waals surface area (Å²) in [5.41, 5.74) is 4.83. The maximum absolute atomic E-state index is 13.1. The molecular weight excluding hydrogens is 633 g/mol. The normalized spacial score (nSPS) is 13.2. The van der Waals surface area contributed by atoms with Crippen molar-refractivity contribution in [2.75, 3.05) is 13.1 Å². The molecule has 2 heterocycles. The first kappa shape index (κ1) is 35.0. The van der Waals surface area contributed by atoms with Gasteiger partial charge in [0.2, 0.25) is 0 Å². The molecule has 0 unspecified atom stereocenters. The van der Waals surface area contributed by atoms with Crippen molar-refractivity contribution in [3.8, 4) is 0 Å². The standard InChI is InChI=1S/C28H18N2O4.C13H12.2C2H6/c1-3-29-25(31)17-9-5-13-15-7-11-19-24-20(28(34)30(4-2)27(19)33)12-8-16(22(15)24)14-6-10-18(26(29)32)23(17)21(13)14;1-3-7-12(8-4-1)11-13-9-5-2-6-10-13;2*1-2/h5-12H,3-4H2,1-2H3;1-10H,11H2;2*1-2H3. The maximum atomic E-state index is 13.1. The van der Waals surface area contributed by atoms with Crippen molar-refractivity contribution in [2.24, 2.45) is 0 Å². The molecule has 0 saturated heterocycles. The molecule has 0 saturated carbocycles. The van der Waals surface area contributed by atoms with Crippen LogP contribution < -0.4 is 0 Å². The third-order valence-corrected chi connectivity index (χ3v) is 9.53. The van der Waals surface area contributed by atoms with E-state index in [-0.39, 0.29) is 23.6 Å². The number of rotatable bonds is 4. The van der Waals surface area contributed by atoms with Crippen LogP contribution in [0.2, 0.25) is 0 Å². The average molecular weight is 675 g/mol. The topological polar surface area (TPSA) is 74.8 Å². The molecule has 0 aromatic heterocycles. The summed E-state index contributed by atoms with van der Waals surface area (Å²) in [5, 5.41) is 6.69. The Morgan fingerprint density at radius 3 is 0.902 bits per heavy atom. The number of hydrogen-bond acceptors (Lipinski definition) is 4. The second-order valence-corrected chi connectivity index (χ2v) is 12.0. The van der Waals surface area contributed by atoms with Crippen LogP contribution in [-0.4, -0.2) is 46.5 Å². The van der Waals surface area contributed by atoms with E-state index >= 15 is 0 Å². The van der Waals surface area contributed by atoms with Crippen LogP contribution in [0.15, 0.2) is 109 Å². The number of carbonyl (C=O) groups excluding carboxylic acids is 4. The molecular formula is C45H42N2O4. The number of hydrogen-bond donors (Lipinski definition) is 0. The predicted octanol–water partition coefficient (Wildman–Crippen LogP) is 10.3. The largest absolute Gasteiger partial charge is 0.275 e. The Hall–Kier alpha value is -5.88. The van der Waals surface area contributed by atoms with Gasteiger partial charge in [0.25, 0.3) is 23.6 Å². The summed E-state index contributed by atoms with van der Waals surface area (Å²) in [4.78, 5) is 55.0. The van der Waals surface area contributed by atoms with Crippen LogP contribution in [0.5, 0.6) is 0 Å². The maximum Gasteiger partial charge on any atom is 0.261 e. The molecule has 0 N–H and O–H groups in total. The zero-order chi connectivity index (χ0) is 36.4. The Bertz CT molecular complexity index is 2140. The highest BCUT2D eigenvalue weighted by Gasteiger charge is 2.35. The van der Waals surface area contributed by atoms with Crippen LogP contribution in [0.1, 0.15) is 94.1 Å².